The first kappa shape index (κ1) is 8.43. The summed E-state index contributed by atoms with van der Waals surface area (Å²) < 4.78 is 0. The van der Waals surface area contributed by atoms with E-state index >= 15 is 0 Å². The average molecular weight is 131 g/mol. The van der Waals surface area contributed by atoms with E-state index in [1.807, 2.05) is 0 Å². The Kier molecular flexibility index (Phi) is 5.21. The van der Waals surface area contributed by atoms with Gasteiger partial charge in [-0.3, -0.25) is 4.79 Å². The molecule has 9 heavy (non-hydrogen) atoms. The molecule has 0 aliphatic rings. The number of carboxylic acids is 1. The zero-order valence-electron chi connectivity index (χ0n) is 5.21. The second-order valence-electron chi connectivity index (χ2n) is 1.73. The third-order valence-electron chi connectivity index (χ3n) is 0.896. The molecule has 0 unspecified atom stereocenters. The van der Waals surface area contributed by atoms with Gasteiger partial charge in [-0.05, 0) is 19.3 Å². The van der Waals surface area contributed by atoms with Gasteiger partial charge in [-0.25, -0.2) is 0 Å². The van der Waals surface area contributed by atoms with Crippen molar-refractivity contribution in [2.24, 2.45) is 0 Å². The Morgan fingerprint density at radius 2 is 2.11 bits per heavy atom. The van der Waals surface area contributed by atoms with Crippen molar-refractivity contribution in [3.8, 4) is 0 Å². The molecule has 0 saturated carbocycles. The van der Waals surface area contributed by atoms with Gasteiger partial charge in [0.1, 0.15) is 0 Å². The van der Waals surface area contributed by atoms with Crippen LogP contribution in [0.1, 0.15) is 19.3 Å². The molecule has 2 N–H and O–H groups in total. The topological polar surface area (TPSA) is 57.5 Å². The fourth-order valence-corrected chi connectivity index (χ4v) is 0.461. The number of carbonyl (C=O) groups is 1. The van der Waals surface area contributed by atoms with Crippen LogP contribution in [0.15, 0.2) is 0 Å². The van der Waals surface area contributed by atoms with Crippen molar-refractivity contribution in [2.45, 2.75) is 19.3 Å². The molecule has 0 spiro atoms. The van der Waals surface area contributed by atoms with Crippen LogP contribution >= 0.6 is 0 Å². The second kappa shape index (κ2) is 5.56. The van der Waals surface area contributed by atoms with E-state index in [0.717, 1.165) is 0 Å². The lowest BCUT2D eigenvalue weighted by atomic mass is 10.2. The molecule has 1 radical (unpaired) electrons. The van der Waals surface area contributed by atoms with Gasteiger partial charge in [0.05, 0.1) is 0 Å². The maximum absolute atomic E-state index is 9.88. The molecule has 0 aliphatic carbocycles. The molecule has 0 bridgehead atoms. The minimum Gasteiger partial charge on any atom is -0.481 e. The summed E-state index contributed by atoms with van der Waals surface area (Å²) in [5.74, 6) is -0.788. The number of aliphatic hydroxyl groups excluding tert-OH is 1. The highest BCUT2D eigenvalue weighted by atomic mass is 16.4. The molecule has 0 amide bonds. The first-order chi connectivity index (χ1) is 4.27. The molecule has 53 valence electrons. The highest BCUT2D eigenvalue weighted by Gasteiger charge is 1.94. The zero-order chi connectivity index (χ0) is 7.11. The Labute approximate surface area is 54.3 Å². The van der Waals surface area contributed by atoms with Crippen molar-refractivity contribution in [2.75, 3.05) is 6.61 Å². The third kappa shape index (κ3) is 7.43. The van der Waals surface area contributed by atoms with E-state index in [0.29, 0.717) is 12.8 Å². The van der Waals surface area contributed by atoms with Crippen LogP contribution in [0.5, 0.6) is 0 Å². The SMILES string of the molecule is O=C(O)CC[CH]CCO. The smallest absolute Gasteiger partial charge is 0.303 e. The second-order valence-corrected chi connectivity index (χ2v) is 1.73. The van der Waals surface area contributed by atoms with Crippen LogP contribution in [0.2, 0.25) is 0 Å². The van der Waals surface area contributed by atoms with E-state index in [1.165, 1.54) is 0 Å². The van der Waals surface area contributed by atoms with E-state index in [9.17, 15) is 4.79 Å². The Hall–Kier alpha value is -0.570. The number of unbranched alkanes of at least 4 members (excludes halogenated alkanes) is 2. The molecule has 3 heteroatoms. The first-order valence-electron chi connectivity index (χ1n) is 2.91. The minimum absolute atomic E-state index is 0.111. The monoisotopic (exact) mass is 131 g/mol. The summed E-state index contributed by atoms with van der Waals surface area (Å²) in [7, 11) is 0. The largest absolute Gasteiger partial charge is 0.481 e. The van der Waals surface area contributed by atoms with Crippen LogP contribution in [0.3, 0.4) is 0 Å². The first-order valence-corrected chi connectivity index (χ1v) is 2.91. The summed E-state index contributed by atoms with van der Waals surface area (Å²) in [4.78, 5) is 9.88. The molecule has 0 atom stereocenters. The van der Waals surface area contributed by atoms with Crippen LogP contribution in [-0.4, -0.2) is 22.8 Å². The number of aliphatic hydroxyl groups is 1. The van der Waals surface area contributed by atoms with Crippen molar-refractivity contribution in [1.82, 2.24) is 0 Å². The van der Waals surface area contributed by atoms with Gasteiger partial charge < -0.3 is 10.2 Å². The summed E-state index contributed by atoms with van der Waals surface area (Å²) in [5, 5.41) is 16.4. The molecule has 0 heterocycles. The highest BCUT2D eigenvalue weighted by molar-refractivity contribution is 5.66. The normalized spacial score (nSPS) is 9.44. The molecule has 0 aromatic carbocycles. The Morgan fingerprint density at radius 1 is 1.44 bits per heavy atom. The zero-order valence-corrected chi connectivity index (χ0v) is 5.21. The van der Waals surface area contributed by atoms with Crippen molar-refractivity contribution < 1.29 is 15.0 Å². The molecule has 0 fully saturated rings. The standard InChI is InChI=1S/C6H11O3/c7-5-3-1-2-4-6(8)9/h1,7H,2-5H2,(H,8,9). The van der Waals surface area contributed by atoms with Crippen LogP contribution < -0.4 is 0 Å². The summed E-state index contributed by atoms with van der Waals surface area (Å²) >= 11 is 0. The van der Waals surface area contributed by atoms with Crippen molar-refractivity contribution >= 4 is 5.97 Å². The highest BCUT2D eigenvalue weighted by Crippen LogP contribution is 1.96. The summed E-state index contributed by atoms with van der Waals surface area (Å²) in [5.41, 5.74) is 0. The lowest BCUT2D eigenvalue weighted by Gasteiger charge is -1.92. The molecule has 0 aromatic heterocycles. The lowest BCUT2D eigenvalue weighted by Crippen LogP contribution is -1.94. The van der Waals surface area contributed by atoms with Gasteiger partial charge in [0.25, 0.3) is 0 Å². The quantitative estimate of drug-likeness (QED) is 0.532. The number of carboxylic acid groups (broad SMARTS) is 1. The average Bonchev–Trinajstić information content (AvgIpc) is 1.80. The van der Waals surface area contributed by atoms with E-state index in [2.05, 4.69) is 0 Å². The Bertz CT molecular complexity index is 80.4. The fraction of sp³-hybridized carbons (Fsp3) is 0.667. The van der Waals surface area contributed by atoms with Crippen LogP contribution in [-0.2, 0) is 4.79 Å². The molecular weight excluding hydrogens is 120 g/mol. The summed E-state index contributed by atoms with van der Waals surface area (Å²) in [6.45, 7) is 0.111. The Morgan fingerprint density at radius 3 is 2.56 bits per heavy atom. The van der Waals surface area contributed by atoms with E-state index < -0.39 is 5.97 Å². The predicted octanol–water partition coefficient (Wildman–Crippen LogP) is 0.438. The molecule has 0 aromatic rings. The lowest BCUT2D eigenvalue weighted by molar-refractivity contribution is -0.136. The molecule has 3 nitrogen and oxygen atoms in total. The van der Waals surface area contributed by atoms with Crippen LogP contribution in [0.4, 0.5) is 0 Å². The molecule has 0 aliphatic heterocycles. The minimum atomic E-state index is -0.788. The van der Waals surface area contributed by atoms with E-state index in [-0.39, 0.29) is 13.0 Å². The maximum atomic E-state index is 9.88. The van der Waals surface area contributed by atoms with Gasteiger partial charge in [0.2, 0.25) is 0 Å². The molecular formula is C6H11O3. The van der Waals surface area contributed by atoms with Gasteiger partial charge >= 0.3 is 5.97 Å². The van der Waals surface area contributed by atoms with Gasteiger partial charge in [-0.2, -0.15) is 0 Å². The summed E-state index contributed by atoms with van der Waals surface area (Å²) in [6, 6.07) is 0. The van der Waals surface area contributed by atoms with Gasteiger partial charge in [0, 0.05) is 13.0 Å². The van der Waals surface area contributed by atoms with Crippen molar-refractivity contribution in [3.05, 3.63) is 6.42 Å². The van der Waals surface area contributed by atoms with Gasteiger partial charge in [-0.1, -0.05) is 0 Å². The molecule has 0 saturated heterocycles. The number of rotatable bonds is 5. The van der Waals surface area contributed by atoms with Crippen LogP contribution in [0, 0.1) is 6.42 Å². The Balaban J connectivity index is 2.83. The fourth-order valence-electron chi connectivity index (χ4n) is 0.461. The summed E-state index contributed by atoms with van der Waals surface area (Å²) in [6.07, 6.45) is 3.08. The maximum Gasteiger partial charge on any atom is 0.303 e. The van der Waals surface area contributed by atoms with Crippen LogP contribution in [0.25, 0.3) is 0 Å². The third-order valence-corrected chi connectivity index (χ3v) is 0.896. The number of hydrogen-bond acceptors (Lipinski definition) is 2. The number of aliphatic carboxylic acids is 1. The van der Waals surface area contributed by atoms with Crippen molar-refractivity contribution in [1.29, 1.82) is 0 Å². The van der Waals surface area contributed by atoms with E-state index in [4.69, 9.17) is 10.2 Å². The van der Waals surface area contributed by atoms with Gasteiger partial charge in [-0.15, -0.1) is 0 Å². The number of hydrogen-bond donors (Lipinski definition) is 2. The van der Waals surface area contributed by atoms with Crippen molar-refractivity contribution in [3.63, 3.8) is 0 Å². The molecule has 0 rings (SSSR count). The predicted molar refractivity (Wildman–Crippen MR) is 32.9 cm³/mol. The van der Waals surface area contributed by atoms with Gasteiger partial charge in [0.15, 0.2) is 0 Å². The van der Waals surface area contributed by atoms with E-state index in [1.54, 1.807) is 6.42 Å².